The van der Waals surface area contributed by atoms with Gasteiger partial charge in [0.1, 0.15) is 17.5 Å². The number of aryl methyl sites for hydroxylation is 2. The summed E-state index contributed by atoms with van der Waals surface area (Å²) in [7, 11) is -0.320. The van der Waals surface area contributed by atoms with E-state index in [1.54, 1.807) is 20.3 Å². The van der Waals surface area contributed by atoms with E-state index in [9.17, 15) is 8.42 Å². The number of nitrogens with zero attached hydrogens (tertiary/aromatic N) is 5. The first-order valence-electron chi connectivity index (χ1n) is 8.99. The van der Waals surface area contributed by atoms with E-state index in [1.165, 1.54) is 8.61 Å². The maximum atomic E-state index is 12.5. The van der Waals surface area contributed by atoms with Crippen LogP contribution < -0.4 is 5.32 Å². The first-order valence-corrected chi connectivity index (χ1v) is 10.4. The third-order valence-electron chi connectivity index (χ3n) is 4.66. The summed E-state index contributed by atoms with van der Waals surface area (Å²) >= 11 is 0. The number of hydrogen-bond donors (Lipinski definition) is 1. The van der Waals surface area contributed by atoms with Crippen molar-refractivity contribution in [2.24, 2.45) is 0 Å². The quantitative estimate of drug-likeness (QED) is 0.842. The van der Waals surface area contributed by atoms with Crippen molar-refractivity contribution in [2.75, 3.05) is 32.5 Å². The first kappa shape index (κ1) is 19.7. The lowest BCUT2D eigenvalue weighted by molar-refractivity contribution is 0.293. The van der Waals surface area contributed by atoms with Crippen LogP contribution in [-0.4, -0.2) is 59.2 Å². The van der Waals surface area contributed by atoms with Crippen LogP contribution >= 0.6 is 0 Å². The molecule has 2 aromatic heterocycles. The smallest absolute Gasteiger partial charge is 0.281 e. The van der Waals surface area contributed by atoms with Crippen LogP contribution in [0.3, 0.4) is 0 Å². The van der Waals surface area contributed by atoms with Crippen molar-refractivity contribution in [2.45, 2.75) is 32.6 Å². The molecular weight excluding hydrogens is 364 g/mol. The SMILES string of the molecule is Cc1cc(Nc2ncccc2C)nc([C@@H]2CCCN(S(=O)(=O)N(C)C)C2)n1. The highest BCUT2D eigenvalue weighted by Gasteiger charge is 2.32. The van der Waals surface area contributed by atoms with Crippen LogP contribution in [0, 0.1) is 13.8 Å². The minimum Gasteiger partial charge on any atom is -0.325 e. The van der Waals surface area contributed by atoms with Gasteiger partial charge in [0.25, 0.3) is 10.2 Å². The molecule has 3 rings (SSSR count). The molecule has 8 nitrogen and oxygen atoms in total. The number of hydrogen-bond acceptors (Lipinski definition) is 6. The van der Waals surface area contributed by atoms with Crippen LogP contribution in [0.1, 0.15) is 35.8 Å². The predicted molar refractivity (Wildman–Crippen MR) is 105 cm³/mol. The van der Waals surface area contributed by atoms with Crippen molar-refractivity contribution >= 4 is 21.8 Å². The Morgan fingerprint density at radius 3 is 2.74 bits per heavy atom. The summed E-state index contributed by atoms with van der Waals surface area (Å²) in [6.07, 6.45) is 3.39. The van der Waals surface area contributed by atoms with Crippen LogP contribution in [-0.2, 0) is 10.2 Å². The molecular formula is C18H26N6O2S. The van der Waals surface area contributed by atoms with Crippen molar-refractivity contribution in [3.63, 3.8) is 0 Å². The van der Waals surface area contributed by atoms with E-state index in [-0.39, 0.29) is 5.92 Å². The molecule has 0 spiro atoms. The fraction of sp³-hybridized carbons (Fsp3) is 0.500. The van der Waals surface area contributed by atoms with Gasteiger partial charge < -0.3 is 5.32 Å². The molecule has 0 unspecified atom stereocenters. The van der Waals surface area contributed by atoms with Crippen LogP contribution in [0.15, 0.2) is 24.4 Å². The van der Waals surface area contributed by atoms with Crippen molar-refractivity contribution < 1.29 is 8.42 Å². The summed E-state index contributed by atoms with van der Waals surface area (Å²) in [5, 5.41) is 3.25. The Morgan fingerprint density at radius 1 is 1.26 bits per heavy atom. The molecule has 0 radical (unpaired) electrons. The molecule has 3 heterocycles. The number of aromatic nitrogens is 3. The zero-order chi connectivity index (χ0) is 19.6. The van der Waals surface area contributed by atoms with Gasteiger partial charge in [-0.1, -0.05) is 6.07 Å². The van der Waals surface area contributed by atoms with Crippen LogP contribution in [0.25, 0.3) is 0 Å². The zero-order valence-corrected chi connectivity index (χ0v) is 17.0. The van der Waals surface area contributed by atoms with Crippen molar-refractivity contribution in [1.82, 2.24) is 23.6 Å². The molecule has 1 aliphatic rings. The Balaban J connectivity index is 1.84. The van der Waals surface area contributed by atoms with Gasteiger partial charge in [0.2, 0.25) is 0 Å². The van der Waals surface area contributed by atoms with E-state index in [0.717, 1.165) is 29.9 Å². The van der Waals surface area contributed by atoms with Crippen molar-refractivity contribution in [3.8, 4) is 0 Å². The van der Waals surface area contributed by atoms with Gasteiger partial charge in [-0.05, 0) is 38.3 Å². The summed E-state index contributed by atoms with van der Waals surface area (Å²) in [6.45, 7) is 4.82. The number of piperidine rings is 1. The van der Waals surface area contributed by atoms with Crippen molar-refractivity contribution in [3.05, 3.63) is 41.5 Å². The van der Waals surface area contributed by atoms with E-state index in [0.29, 0.717) is 24.7 Å². The summed E-state index contributed by atoms with van der Waals surface area (Å²) in [5.41, 5.74) is 1.86. The molecule has 27 heavy (non-hydrogen) atoms. The van der Waals surface area contributed by atoms with Gasteiger partial charge in [-0.25, -0.2) is 15.0 Å². The van der Waals surface area contributed by atoms with Crippen LogP contribution in [0.2, 0.25) is 0 Å². The highest BCUT2D eigenvalue weighted by molar-refractivity contribution is 7.86. The van der Waals surface area contributed by atoms with Crippen molar-refractivity contribution in [1.29, 1.82) is 0 Å². The Bertz CT molecular complexity index is 916. The molecule has 1 N–H and O–H groups in total. The zero-order valence-electron chi connectivity index (χ0n) is 16.2. The lowest BCUT2D eigenvalue weighted by Crippen LogP contribution is -2.45. The minimum atomic E-state index is -3.43. The van der Waals surface area contributed by atoms with Gasteiger partial charge in [0.05, 0.1) is 0 Å². The van der Waals surface area contributed by atoms with Gasteiger partial charge in [-0.15, -0.1) is 0 Å². The number of rotatable bonds is 5. The number of nitrogens with one attached hydrogen (secondary N) is 1. The largest absolute Gasteiger partial charge is 0.325 e. The second-order valence-electron chi connectivity index (χ2n) is 7.03. The molecule has 9 heteroatoms. The van der Waals surface area contributed by atoms with E-state index < -0.39 is 10.2 Å². The summed E-state index contributed by atoms with van der Waals surface area (Å²) in [4.78, 5) is 13.6. The highest BCUT2D eigenvalue weighted by Crippen LogP contribution is 2.28. The van der Waals surface area contributed by atoms with Crippen LogP contribution in [0.4, 0.5) is 11.6 Å². The predicted octanol–water partition coefficient (Wildman–Crippen LogP) is 2.22. The van der Waals surface area contributed by atoms with Gasteiger partial charge >= 0.3 is 0 Å². The normalized spacial score (nSPS) is 18.6. The number of anilines is 2. The molecule has 1 saturated heterocycles. The monoisotopic (exact) mass is 390 g/mol. The summed E-state index contributed by atoms with van der Waals surface area (Å²) < 4.78 is 27.7. The maximum absolute atomic E-state index is 12.5. The minimum absolute atomic E-state index is 0.0289. The van der Waals surface area contributed by atoms with Gasteiger partial charge in [-0.2, -0.15) is 17.0 Å². The summed E-state index contributed by atoms with van der Waals surface area (Å²) in [5.74, 6) is 2.07. The topological polar surface area (TPSA) is 91.3 Å². The third kappa shape index (κ3) is 4.42. The average Bonchev–Trinajstić information content (AvgIpc) is 2.63. The van der Waals surface area contributed by atoms with E-state index in [4.69, 9.17) is 0 Å². The molecule has 1 fully saturated rings. The fourth-order valence-corrected chi connectivity index (χ4v) is 4.36. The molecule has 0 aliphatic carbocycles. The lowest BCUT2D eigenvalue weighted by atomic mass is 9.99. The second-order valence-corrected chi connectivity index (χ2v) is 9.18. The maximum Gasteiger partial charge on any atom is 0.281 e. The van der Waals surface area contributed by atoms with Gasteiger partial charge in [-0.3, -0.25) is 0 Å². The summed E-state index contributed by atoms with van der Waals surface area (Å²) in [6, 6.07) is 5.74. The Labute approximate surface area is 160 Å². The molecule has 2 aromatic rings. The molecule has 0 amide bonds. The molecule has 0 bridgehead atoms. The van der Waals surface area contributed by atoms with Gasteiger partial charge in [0.15, 0.2) is 0 Å². The Morgan fingerprint density at radius 2 is 2.04 bits per heavy atom. The fourth-order valence-electron chi connectivity index (χ4n) is 3.17. The molecule has 0 aromatic carbocycles. The standard InChI is InChI=1S/C18H26N6O2S/c1-13-7-5-9-19-17(13)21-16-11-14(2)20-18(22-16)15-8-6-10-24(12-15)27(25,26)23(3)4/h5,7,9,11,15H,6,8,10,12H2,1-4H3,(H,19,20,21,22)/t15-/m1/s1. The lowest BCUT2D eigenvalue weighted by Gasteiger charge is -2.32. The van der Waals surface area contributed by atoms with E-state index in [1.807, 2.05) is 32.0 Å². The van der Waals surface area contributed by atoms with E-state index >= 15 is 0 Å². The van der Waals surface area contributed by atoms with Crippen LogP contribution in [0.5, 0.6) is 0 Å². The molecule has 146 valence electrons. The molecule has 1 atom stereocenters. The third-order valence-corrected chi connectivity index (χ3v) is 6.57. The Kier molecular flexibility index (Phi) is 5.73. The van der Waals surface area contributed by atoms with Gasteiger partial charge in [0, 0.05) is 51.1 Å². The first-order chi connectivity index (χ1) is 12.8. The second kappa shape index (κ2) is 7.87. The average molecular weight is 391 g/mol. The Hall–Kier alpha value is -2.10. The molecule has 0 saturated carbocycles. The van der Waals surface area contributed by atoms with E-state index in [2.05, 4.69) is 20.3 Å². The molecule has 1 aliphatic heterocycles. The highest BCUT2D eigenvalue weighted by atomic mass is 32.2. The number of pyridine rings is 1.